The molecule has 0 spiro atoms. The van der Waals surface area contributed by atoms with Crippen molar-refractivity contribution in [1.29, 1.82) is 0 Å². The quantitative estimate of drug-likeness (QED) is 0.281. The van der Waals surface area contributed by atoms with Gasteiger partial charge in [0.05, 0.1) is 10.4 Å². The number of aromatic nitrogens is 1. The molecule has 4 rings (SSSR count). The van der Waals surface area contributed by atoms with Gasteiger partial charge in [-0.3, -0.25) is 9.52 Å². The van der Waals surface area contributed by atoms with Crippen LogP contribution in [0.1, 0.15) is 24.2 Å². The highest BCUT2D eigenvalue weighted by Crippen LogP contribution is 2.39. The Kier molecular flexibility index (Phi) is 6.90. The van der Waals surface area contributed by atoms with E-state index in [0.717, 1.165) is 5.52 Å². The van der Waals surface area contributed by atoms with Crippen LogP contribution in [0.2, 0.25) is 5.02 Å². The number of hydrogen-bond acceptors (Lipinski definition) is 5. The normalized spacial score (nSPS) is 12.0. The Morgan fingerprint density at radius 3 is 2.49 bits per heavy atom. The van der Waals surface area contributed by atoms with Crippen molar-refractivity contribution in [2.24, 2.45) is 16.1 Å². The molecule has 8 nitrogen and oxygen atoms in total. The number of azo groups is 1. The van der Waals surface area contributed by atoms with Gasteiger partial charge in [-0.05, 0) is 54.4 Å². The van der Waals surface area contributed by atoms with Crippen molar-refractivity contribution < 1.29 is 18.3 Å². The highest BCUT2D eigenvalue weighted by Gasteiger charge is 2.19. The Hall–Kier alpha value is -3.69. The zero-order valence-corrected chi connectivity index (χ0v) is 20.6. The number of hydrogen-bond donors (Lipinski definition) is 2. The number of carbonyl (C=O) groups excluding carboxylic acids is 1. The predicted octanol–water partition coefficient (Wildman–Crippen LogP) is 6.38. The van der Waals surface area contributed by atoms with Crippen molar-refractivity contribution in [3.05, 3.63) is 83.4 Å². The Bertz CT molecular complexity index is 1530. The second kappa shape index (κ2) is 9.89. The minimum Gasteiger partial charge on any atom is -0.493 e. The first kappa shape index (κ1) is 24.4. The van der Waals surface area contributed by atoms with Crippen LogP contribution in [0.4, 0.5) is 11.4 Å². The van der Waals surface area contributed by atoms with Crippen molar-refractivity contribution in [2.45, 2.75) is 25.3 Å². The van der Waals surface area contributed by atoms with E-state index in [-0.39, 0.29) is 27.9 Å². The summed E-state index contributed by atoms with van der Waals surface area (Å²) in [5.41, 5.74) is 1.33. The number of rotatable bonds is 7. The molecule has 0 bridgehead atoms. The summed E-state index contributed by atoms with van der Waals surface area (Å²) < 4.78 is 29.7. The van der Waals surface area contributed by atoms with Gasteiger partial charge in [0, 0.05) is 28.2 Å². The van der Waals surface area contributed by atoms with Crippen LogP contribution in [0, 0.1) is 5.92 Å². The van der Waals surface area contributed by atoms with Gasteiger partial charge in [-0.25, -0.2) is 8.42 Å². The van der Waals surface area contributed by atoms with Gasteiger partial charge in [0.15, 0.2) is 5.69 Å². The molecule has 0 aliphatic rings. The third kappa shape index (κ3) is 5.36. The Balaban J connectivity index is 1.61. The van der Waals surface area contributed by atoms with Gasteiger partial charge in [0.25, 0.3) is 15.9 Å². The average molecular weight is 511 g/mol. The summed E-state index contributed by atoms with van der Waals surface area (Å²) in [5.74, 6) is -0.553. The summed E-state index contributed by atoms with van der Waals surface area (Å²) >= 11 is 5.84. The molecule has 10 heteroatoms. The van der Waals surface area contributed by atoms with Crippen LogP contribution in [0.3, 0.4) is 0 Å². The number of sulfonamides is 1. The highest BCUT2D eigenvalue weighted by molar-refractivity contribution is 7.92. The van der Waals surface area contributed by atoms with E-state index in [9.17, 15) is 18.3 Å². The van der Waals surface area contributed by atoms with Crippen molar-refractivity contribution in [1.82, 2.24) is 4.57 Å². The van der Waals surface area contributed by atoms with Crippen molar-refractivity contribution in [3.63, 3.8) is 0 Å². The minimum absolute atomic E-state index is 0.0399. The predicted molar refractivity (Wildman–Crippen MR) is 136 cm³/mol. The first-order valence-electron chi connectivity index (χ1n) is 10.8. The lowest BCUT2D eigenvalue weighted by Gasteiger charge is -2.09. The molecule has 0 atom stereocenters. The number of amides is 1. The van der Waals surface area contributed by atoms with Crippen LogP contribution in [0.25, 0.3) is 10.9 Å². The SMILES string of the molecule is CC(C)Cn1c(O)c(N=NC(=O)c2cccc(S(=O)(=O)Nc3ccc(Cl)cc3)c2)c2ccccc21. The molecular formula is C25H23ClN4O4S. The number of nitrogens with one attached hydrogen (secondary N) is 1. The largest absolute Gasteiger partial charge is 0.493 e. The van der Waals surface area contributed by atoms with Gasteiger partial charge < -0.3 is 9.67 Å². The molecule has 0 saturated carbocycles. The third-order valence-electron chi connectivity index (χ3n) is 5.19. The molecule has 0 radical (unpaired) electrons. The number of halogens is 1. The number of benzene rings is 3. The molecule has 3 aromatic carbocycles. The van der Waals surface area contributed by atoms with Gasteiger partial charge in [-0.15, -0.1) is 10.2 Å². The maximum Gasteiger partial charge on any atom is 0.295 e. The van der Waals surface area contributed by atoms with Gasteiger partial charge >= 0.3 is 0 Å². The van der Waals surface area contributed by atoms with E-state index in [1.807, 2.05) is 32.0 Å². The minimum atomic E-state index is -3.95. The fraction of sp³-hybridized carbons (Fsp3) is 0.160. The first-order chi connectivity index (χ1) is 16.7. The molecule has 1 heterocycles. The van der Waals surface area contributed by atoms with Crippen molar-refractivity contribution in [3.8, 4) is 5.88 Å². The molecule has 180 valence electrons. The van der Waals surface area contributed by atoms with E-state index in [0.29, 0.717) is 22.6 Å². The zero-order chi connectivity index (χ0) is 25.2. The monoisotopic (exact) mass is 510 g/mol. The molecule has 0 aliphatic carbocycles. The maximum atomic E-state index is 12.8. The van der Waals surface area contributed by atoms with Crippen molar-refractivity contribution >= 4 is 49.8 Å². The highest BCUT2D eigenvalue weighted by atomic mass is 35.5. The number of aromatic hydroxyl groups is 1. The molecule has 0 saturated heterocycles. The summed E-state index contributed by atoms with van der Waals surface area (Å²) in [4.78, 5) is 12.6. The first-order valence-corrected chi connectivity index (χ1v) is 12.7. The van der Waals surface area contributed by atoms with Crippen LogP contribution in [-0.2, 0) is 16.6 Å². The molecule has 2 N–H and O–H groups in total. The van der Waals surface area contributed by atoms with Crippen LogP contribution in [0.5, 0.6) is 5.88 Å². The lowest BCUT2D eigenvalue weighted by Crippen LogP contribution is -2.13. The fourth-order valence-corrected chi connectivity index (χ4v) is 4.83. The second-order valence-electron chi connectivity index (χ2n) is 8.34. The van der Waals surface area contributed by atoms with Gasteiger partial charge in [0.2, 0.25) is 5.88 Å². The van der Waals surface area contributed by atoms with E-state index >= 15 is 0 Å². The van der Waals surface area contributed by atoms with E-state index in [4.69, 9.17) is 11.6 Å². The van der Waals surface area contributed by atoms with Gasteiger partial charge in [0.1, 0.15) is 0 Å². The number of carbonyl (C=O) groups is 1. The average Bonchev–Trinajstić information content (AvgIpc) is 3.09. The van der Waals surface area contributed by atoms with E-state index in [1.165, 1.54) is 36.4 Å². The lowest BCUT2D eigenvalue weighted by molar-refractivity contribution is 0.0995. The standard InChI is InChI=1S/C25H23ClN4O4S/c1-16(2)15-30-22-9-4-3-8-21(22)23(25(30)32)27-28-24(31)17-6-5-7-20(14-17)35(33,34)29-19-12-10-18(26)11-13-19/h3-14,16,29,32H,15H2,1-2H3. The lowest BCUT2D eigenvalue weighted by atomic mass is 10.2. The molecule has 0 aliphatic heterocycles. The Labute approximate surface area is 207 Å². The second-order valence-corrected chi connectivity index (χ2v) is 10.5. The van der Waals surface area contributed by atoms with Crippen LogP contribution < -0.4 is 4.72 Å². The molecule has 0 fully saturated rings. The van der Waals surface area contributed by atoms with Crippen LogP contribution in [-0.4, -0.2) is 24.0 Å². The third-order valence-corrected chi connectivity index (χ3v) is 6.82. The summed E-state index contributed by atoms with van der Waals surface area (Å²) in [6.45, 7) is 4.62. The summed E-state index contributed by atoms with van der Waals surface area (Å²) in [5, 5.41) is 19.7. The summed E-state index contributed by atoms with van der Waals surface area (Å²) in [7, 11) is -3.95. The van der Waals surface area contributed by atoms with Gasteiger partial charge in [-0.2, -0.15) is 0 Å². The smallest absolute Gasteiger partial charge is 0.295 e. The molecule has 1 aromatic heterocycles. The van der Waals surface area contributed by atoms with E-state index in [2.05, 4.69) is 15.0 Å². The Morgan fingerprint density at radius 1 is 1.06 bits per heavy atom. The molecular weight excluding hydrogens is 488 g/mol. The van der Waals surface area contributed by atoms with E-state index < -0.39 is 15.9 Å². The van der Waals surface area contributed by atoms with Gasteiger partial charge in [-0.1, -0.05) is 49.7 Å². The number of nitrogens with zero attached hydrogens (tertiary/aromatic N) is 3. The summed E-state index contributed by atoms with van der Waals surface area (Å²) in [6, 6.07) is 19.0. The zero-order valence-electron chi connectivity index (χ0n) is 19.0. The van der Waals surface area contributed by atoms with Crippen molar-refractivity contribution in [2.75, 3.05) is 4.72 Å². The summed E-state index contributed by atoms with van der Waals surface area (Å²) in [6.07, 6.45) is 0. The van der Waals surface area contributed by atoms with Crippen LogP contribution >= 0.6 is 11.6 Å². The van der Waals surface area contributed by atoms with Crippen LogP contribution in [0.15, 0.2) is 87.9 Å². The number of fused-ring (bicyclic) bond motifs is 1. The molecule has 1 amide bonds. The molecule has 35 heavy (non-hydrogen) atoms. The number of anilines is 1. The number of para-hydroxylation sites is 1. The van der Waals surface area contributed by atoms with E-state index in [1.54, 1.807) is 22.8 Å². The fourth-order valence-electron chi connectivity index (χ4n) is 3.60. The molecule has 0 unspecified atom stereocenters. The Morgan fingerprint density at radius 2 is 1.77 bits per heavy atom. The maximum absolute atomic E-state index is 12.8. The molecule has 4 aromatic rings. The topological polar surface area (TPSA) is 113 Å².